The summed E-state index contributed by atoms with van der Waals surface area (Å²) < 4.78 is 5.71. The first-order valence-electron chi connectivity index (χ1n) is 10.1. The van der Waals surface area contributed by atoms with Gasteiger partial charge in [0.2, 0.25) is 0 Å². The van der Waals surface area contributed by atoms with Crippen LogP contribution >= 0.6 is 35.4 Å². The molecule has 0 radical (unpaired) electrons. The average molecular weight is 449 g/mol. The molecule has 1 aromatic heterocycles. The third kappa shape index (κ3) is 3.69. The normalized spacial score (nSPS) is 29.7. The van der Waals surface area contributed by atoms with E-state index in [4.69, 9.17) is 39.8 Å². The summed E-state index contributed by atoms with van der Waals surface area (Å²) in [5.74, 6) is 3.48. The van der Waals surface area contributed by atoms with E-state index >= 15 is 0 Å². The number of halogens is 2. The molecule has 1 aromatic carbocycles. The number of amides is 1. The van der Waals surface area contributed by atoms with Gasteiger partial charge in [0, 0.05) is 11.6 Å². The first-order valence-corrected chi connectivity index (χ1v) is 11.3. The molecule has 29 heavy (non-hydrogen) atoms. The lowest BCUT2D eigenvalue weighted by Gasteiger charge is -2.54. The van der Waals surface area contributed by atoms with Crippen molar-refractivity contribution in [1.29, 1.82) is 0 Å². The molecule has 2 N–H and O–H groups in total. The number of carbonyl (C=O) groups excluding carboxylic acids is 1. The Balaban J connectivity index is 1.24. The van der Waals surface area contributed by atoms with Gasteiger partial charge in [0.1, 0.15) is 5.76 Å². The molecule has 0 spiro atoms. The van der Waals surface area contributed by atoms with Crippen LogP contribution in [0.15, 0.2) is 34.7 Å². The molecule has 4 aliphatic carbocycles. The van der Waals surface area contributed by atoms with E-state index in [1.807, 2.05) is 0 Å². The van der Waals surface area contributed by atoms with Crippen molar-refractivity contribution in [2.45, 2.75) is 38.1 Å². The Hall–Kier alpha value is -1.56. The topological polar surface area (TPSA) is 54.3 Å². The Labute approximate surface area is 185 Å². The number of hydrogen-bond donors (Lipinski definition) is 2. The Bertz CT molecular complexity index is 945. The lowest BCUT2D eigenvalue weighted by atomic mass is 9.54. The molecule has 4 saturated carbocycles. The minimum absolute atomic E-state index is 0.185. The van der Waals surface area contributed by atoms with E-state index in [2.05, 4.69) is 10.6 Å². The van der Waals surface area contributed by atoms with Crippen LogP contribution in [0.4, 0.5) is 0 Å². The number of benzene rings is 1. The molecule has 6 rings (SSSR count). The highest BCUT2D eigenvalue weighted by atomic mass is 35.5. The van der Waals surface area contributed by atoms with Crippen molar-refractivity contribution < 1.29 is 9.21 Å². The second-order valence-corrected chi connectivity index (χ2v) is 9.84. The summed E-state index contributed by atoms with van der Waals surface area (Å²) in [6.45, 7) is 0. The Morgan fingerprint density at radius 2 is 1.69 bits per heavy atom. The molecule has 2 aromatic rings. The fraction of sp³-hybridized carbons (Fsp3) is 0.455. The number of rotatable bonds is 3. The molecular formula is C22H22Cl2N2O2S. The van der Waals surface area contributed by atoms with E-state index in [0.29, 0.717) is 44.4 Å². The summed E-state index contributed by atoms with van der Waals surface area (Å²) in [7, 11) is 0. The molecule has 0 atom stereocenters. The maximum absolute atomic E-state index is 12.6. The van der Waals surface area contributed by atoms with Crippen molar-refractivity contribution in [2.24, 2.45) is 23.7 Å². The van der Waals surface area contributed by atoms with Gasteiger partial charge >= 0.3 is 0 Å². The standard InChI is InChI=1S/C22H22Cl2N2O2S/c23-16-3-1-2-15(19(16)24)17-4-5-18(28-17)21(27)26-22(29)25-20-13-7-11-6-12(9-13)10-14(20)8-11/h1-5,11-14,20H,6-10H2,(H2,25,26,27,29). The molecule has 7 heteroatoms. The maximum atomic E-state index is 12.6. The van der Waals surface area contributed by atoms with Crippen molar-refractivity contribution in [1.82, 2.24) is 10.6 Å². The van der Waals surface area contributed by atoms with Gasteiger partial charge in [-0.1, -0.05) is 29.3 Å². The first kappa shape index (κ1) is 19.4. The number of furan rings is 1. The molecule has 0 unspecified atom stereocenters. The van der Waals surface area contributed by atoms with E-state index in [-0.39, 0.29) is 11.7 Å². The second kappa shape index (κ2) is 7.60. The number of hydrogen-bond acceptors (Lipinski definition) is 3. The molecular weight excluding hydrogens is 427 g/mol. The van der Waals surface area contributed by atoms with Crippen molar-refractivity contribution >= 4 is 46.4 Å². The van der Waals surface area contributed by atoms with E-state index in [1.165, 1.54) is 32.1 Å². The second-order valence-electron chi connectivity index (χ2n) is 8.65. The smallest absolute Gasteiger partial charge is 0.293 e. The van der Waals surface area contributed by atoms with Crippen molar-refractivity contribution in [2.75, 3.05) is 0 Å². The summed E-state index contributed by atoms with van der Waals surface area (Å²) in [5.41, 5.74) is 0.646. The van der Waals surface area contributed by atoms with E-state index in [1.54, 1.807) is 30.3 Å². The van der Waals surface area contributed by atoms with Crippen LogP contribution in [0.2, 0.25) is 10.0 Å². The van der Waals surface area contributed by atoms with Gasteiger partial charge in [0.15, 0.2) is 10.9 Å². The molecule has 0 saturated heterocycles. The Morgan fingerprint density at radius 3 is 2.38 bits per heavy atom. The van der Waals surface area contributed by atoms with E-state index in [0.717, 1.165) is 11.8 Å². The fourth-order valence-corrected chi connectivity index (χ4v) is 6.43. The van der Waals surface area contributed by atoms with Crippen molar-refractivity contribution in [3.63, 3.8) is 0 Å². The van der Waals surface area contributed by atoms with Crippen molar-refractivity contribution in [3.05, 3.63) is 46.1 Å². The molecule has 0 aliphatic heterocycles. The predicted molar refractivity (Wildman–Crippen MR) is 118 cm³/mol. The zero-order valence-electron chi connectivity index (χ0n) is 15.8. The van der Waals surface area contributed by atoms with Crippen LogP contribution in [-0.2, 0) is 0 Å². The third-order valence-corrected chi connectivity index (χ3v) is 7.84. The first-order chi connectivity index (χ1) is 14.0. The highest BCUT2D eigenvalue weighted by molar-refractivity contribution is 7.80. The van der Waals surface area contributed by atoms with Gasteiger partial charge in [-0.2, -0.15) is 0 Å². The van der Waals surface area contributed by atoms with Gasteiger partial charge < -0.3 is 9.73 Å². The van der Waals surface area contributed by atoms with Gasteiger partial charge in [-0.25, -0.2) is 0 Å². The Morgan fingerprint density at radius 1 is 1.00 bits per heavy atom. The zero-order valence-corrected chi connectivity index (χ0v) is 18.1. The summed E-state index contributed by atoms with van der Waals surface area (Å²) in [6.07, 6.45) is 6.59. The maximum Gasteiger partial charge on any atom is 0.293 e. The van der Waals surface area contributed by atoms with Crippen LogP contribution < -0.4 is 10.6 Å². The van der Waals surface area contributed by atoms with Gasteiger partial charge in [0.25, 0.3) is 5.91 Å². The third-order valence-electron chi connectivity index (χ3n) is 6.80. The minimum atomic E-state index is -0.365. The quantitative estimate of drug-likeness (QED) is 0.592. The predicted octanol–water partition coefficient (Wildman–Crippen LogP) is 5.68. The minimum Gasteiger partial charge on any atom is -0.451 e. The highest BCUT2D eigenvalue weighted by Gasteiger charge is 2.48. The molecule has 152 valence electrons. The SMILES string of the molecule is O=C(NC(=S)NC1C2CC3CC(C2)CC1C3)c1ccc(-c2cccc(Cl)c2Cl)o1. The van der Waals surface area contributed by atoms with Crippen LogP contribution in [0.3, 0.4) is 0 Å². The number of thiocarbonyl (C=S) groups is 1. The van der Waals surface area contributed by atoms with Crippen LogP contribution in [0.25, 0.3) is 11.3 Å². The zero-order chi connectivity index (χ0) is 20.1. The van der Waals surface area contributed by atoms with Crippen LogP contribution in [0.1, 0.15) is 42.7 Å². The molecule has 4 nitrogen and oxygen atoms in total. The highest BCUT2D eigenvalue weighted by Crippen LogP contribution is 2.53. The summed E-state index contributed by atoms with van der Waals surface area (Å²) in [6, 6.07) is 9.00. The molecule has 4 aliphatic rings. The molecule has 4 bridgehead atoms. The Kier molecular flexibility index (Phi) is 5.09. The van der Waals surface area contributed by atoms with E-state index < -0.39 is 0 Å². The monoisotopic (exact) mass is 448 g/mol. The number of carbonyl (C=O) groups is 1. The lowest BCUT2D eigenvalue weighted by Crippen LogP contribution is -2.57. The summed E-state index contributed by atoms with van der Waals surface area (Å²) >= 11 is 17.8. The molecule has 1 amide bonds. The summed E-state index contributed by atoms with van der Waals surface area (Å²) in [5, 5.41) is 7.43. The largest absolute Gasteiger partial charge is 0.451 e. The van der Waals surface area contributed by atoms with E-state index in [9.17, 15) is 4.79 Å². The average Bonchev–Trinajstić information content (AvgIpc) is 3.16. The van der Waals surface area contributed by atoms with Crippen LogP contribution in [-0.4, -0.2) is 17.1 Å². The van der Waals surface area contributed by atoms with Gasteiger partial charge in [-0.3, -0.25) is 10.1 Å². The van der Waals surface area contributed by atoms with Gasteiger partial charge in [-0.15, -0.1) is 0 Å². The molecule has 4 fully saturated rings. The van der Waals surface area contributed by atoms with Crippen LogP contribution in [0.5, 0.6) is 0 Å². The van der Waals surface area contributed by atoms with Crippen LogP contribution in [0, 0.1) is 23.7 Å². The number of nitrogens with one attached hydrogen (secondary N) is 2. The molecule has 1 heterocycles. The van der Waals surface area contributed by atoms with Crippen molar-refractivity contribution in [3.8, 4) is 11.3 Å². The summed E-state index contributed by atoms with van der Waals surface area (Å²) in [4.78, 5) is 12.6. The van der Waals surface area contributed by atoms with Gasteiger partial charge in [-0.05, 0) is 92.3 Å². The lowest BCUT2D eigenvalue weighted by molar-refractivity contribution is -0.00692. The van der Waals surface area contributed by atoms with Gasteiger partial charge in [0.05, 0.1) is 10.0 Å². The fourth-order valence-electron chi connectivity index (χ4n) is 5.81.